The van der Waals surface area contributed by atoms with Gasteiger partial charge in [-0.05, 0) is 29.7 Å². The number of halogens is 1. The summed E-state index contributed by atoms with van der Waals surface area (Å²) in [6.07, 6.45) is 0.444. The topological polar surface area (TPSA) is 92.6 Å². The molecule has 0 saturated heterocycles. The third-order valence-electron chi connectivity index (χ3n) is 4.54. The number of carbonyl (C=O) groups excluding carboxylic acids is 2. The second-order valence-electron chi connectivity index (χ2n) is 6.60. The highest BCUT2D eigenvalue weighted by molar-refractivity contribution is 7.99. The Morgan fingerprint density at radius 3 is 2.27 bits per heavy atom. The van der Waals surface area contributed by atoms with Crippen LogP contribution in [0.5, 0.6) is 0 Å². The fraction of sp³-hybridized carbons (Fsp3) is 0.333. The monoisotopic (exact) mass is 433 g/mol. The van der Waals surface area contributed by atoms with Gasteiger partial charge in [-0.1, -0.05) is 31.2 Å². The molecule has 30 heavy (non-hydrogen) atoms. The molecular weight excluding hydrogens is 409 g/mol. The number of thioether (sulfide) groups is 1. The number of carbonyl (C=O) groups is 2. The molecule has 0 radical (unpaired) electrons. The molecule has 2 rings (SSSR count). The maximum Gasteiger partial charge on any atom is 0.269 e. The highest BCUT2D eigenvalue weighted by Gasteiger charge is 2.27. The molecule has 1 N–H and O–H groups in total. The van der Waals surface area contributed by atoms with Gasteiger partial charge in [0.2, 0.25) is 11.8 Å². The number of benzene rings is 2. The Bertz CT molecular complexity index is 875. The minimum Gasteiger partial charge on any atom is -0.357 e. The summed E-state index contributed by atoms with van der Waals surface area (Å²) in [7, 11) is 1.52. The standard InChI is InChI=1S/C21H24FN3O4S/c1-3-19(21(27)23-2)24(12-15-4-8-17(22)9-5-15)20(26)14-30-13-16-6-10-18(11-7-16)25(28)29/h4-11,19H,3,12-14H2,1-2H3,(H,23,27)/t19-/m1/s1. The Kier molecular flexibility index (Phi) is 8.79. The van der Waals surface area contributed by atoms with Crippen molar-refractivity contribution in [1.29, 1.82) is 0 Å². The Morgan fingerprint density at radius 1 is 1.13 bits per heavy atom. The lowest BCUT2D eigenvalue weighted by Crippen LogP contribution is -2.48. The quantitative estimate of drug-likeness (QED) is 0.457. The highest BCUT2D eigenvalue weighted by Crippen LogP contribution is 2.19. The number of nitro groups is 1. The van der Waals surface area contributed by atoms with Crippen molar-refractivity contribution in [2.45, 2.75) is 31.7 Å². The van der Waals surface area contributed by atoms with Crippen molar-refractivity contribution in [3.8, 4) is 0 Å². The van der Waals surface area contributed by atoms with Crippen LogP contribution in [-0.4, -0.2) is 40.5 Å². The van der Waals surface area contributed by atoms with Crippen LogP contribution in [0.1, 0.15) is 24.5 Å². The summed E-state index contributed by atoms with van der Waals surface area (Å²) in [4.78, 5) is 37.0. The molecule has 7 nitrogen and oxygen atoms in total. The van der Waals surface area contributed by atoms with Crippen molar-refractivity contribution < 1.29 is 18.9 Å². The van der Waals surface area contributed by atoms with Gasteiger partial charge in [-0.15, -0.1) is 11.8 Å². The van der Waals surface area contributed by atoms with Gasteiger partial charge in [0.25, 0.3) is 5.69 Å². The number of nitrogens with zero attached hydrogens (tertiary/aromatic N) is 2. The molecule has 0 aliphatic heterocycles. The summed E-state index contributed by atoms with van der Waals surface area (Å²) in [6, 6.07) is 11.4. The van der Waals surface area contributed by atoms with Gasteiger partial charge in [-0.25, -0.2) is 4.39 Å². The lowest BCUT2D eigenvalue weighted by atomic mass is 10.1. The van der Waals surface area contributed by atoms with Gasteiger partial charge in [0.05, 0.1) is 10.7 Å². The molecule has 0 heterocycles. The summed E-state index contributed by atoms with van der Waals surface area (Å²) < 4.78 is 13.2. The Labute approximate surface area is 178 Å². The summed E-state index contributed by atoms with van der Waals surface area (Å²) in [5.41, 5.74) is 1.61. The Balaban J connectivity index is 2.06. The van der Waals surface area contributed by atoms with Gasteiger partial charge < -0.3 is 10.2 Å². The highest BCUT2D eigenvalue weighted by atomic mass is 32.2. The lowest BCUT2D eigenvalue weighted by Gasteiger charge is -2.30. The van der Waals surface area contributed by atoms with E-state index in [0.29, 0.717) is 12.2 Å². The Morgan fingerprint density at radius 2 is 1.73 bits per heavy atom. The number of amides is 2. The van der Waals surface area contributed by atoms with Gasteiger partial charge in [-0.2, -0.15) is 0 Å². The molecule has 0 fully saturated rings. The van der Waals surface area contributed by atoms with Crippen LogP contribution in [0.4, 0.5) is 10.1 Å². The van der Waals surface area contributed by atoms with Crippen molar-refractivity contribution in [3.05, 3.63) is 75.6 Å². The molecule has 0 saturated carbocycles. The molecule has 2 aromatic carbocycles. The lowest BCUT2D eigenvalue weighted by molar-refractivity contribution is -0.384. The average Bonchev–Trinajstić information content (AvgIpc) is 2.75. The van der Waals surface area contributed by atoms with E-state index in [9.17, 15) is 24.1 Å². The molecule has 2 amide bonds. The van der Waals surface area contributed by atoms with Crippen LogP contribution in [-0.2, 0) is 21.9 Å². The number of likely N-dealkylation sites (N-methyl/N-ethyl adjacent to an activating group) is 1. The van der Waals surface area contributed by atoms with Gasteiger partial charge in [0.1, 0.15) is 11.9 Å². The number of hydrogen-bond acceptors (Lipinski definition) is 5. The predicted octanol–water partition coefficient (Wildman–Crippen LogP) is 3.52. The minimum absolute atomic E-state index is 0.0154. The maximum atomic E-state index is 13.2. The molecule has 0 aliphatic rings. The first-order valence-electron chi connectivity index (χ1n) is 9.42. The van der Waals surface area contributed by atoms with Gasteiger partial charge >= 0.3 is 0 Å². The van der Waals surface area contributed by atoms with Crippen LogP contribution >= 0.6 is 11.8 Å². The van der Waals surface area contributed by atoms with E-state index in [-0.39, 0.29) is 35.6 Å². The van der Waals surface area contributed by atoms with Crippen LogP contribution < -0.4 is 5.32 Å². The third-order valence-corrected chi connectivity index (χ3v) is 5.53. The third kappa shape index (κ3) is 6.55. The van der Waals surface area contributed by atoms with Crippen LogP contribution in [0.15, 0.2) is 48.5 Å². The van der Waals surface area contributed by atoms with Gasteiger partial charge in [-0.3, -0.25) is 19.7 Å². The van der Waals surface area contributed by atoms with Crippen molar-refractivity contribution in [3.63, 3.8) is 0 Å². The summed E-state index contributed by atoms with van der Waals surface area (Å²) in [6.45, 7) is 2.03. The molecule has 2 aromatic rings. The molecule has 0 unspecified atom stereocenters. The smallest absolute Gasteiger partial charge is 0.269 e. The van der Waals surface area contributed by atoms with Crippen molar-refractivity contribution in [2.75, 3.05) is 12.8 Å². The summed E-state index contributed by atoms with van der Waals surface area (Å²) in [5.74, 6) is -0.181. The molecule has 1 atom stereocenters. The van der Waals surface area contributed by atoms with E-state index in [1.165, 1.54) is 48.0 Å². The van der Waals surface area contributed by atoms with Crippen LogP contribution in [0.3, 0.4) is 0 Å². The zero-order valence-electron chi connectivity index (χ0n) is 16.8. The fourth-order valence-corrected chi connectivity index (χ4v) is 3.80. The number of rotatable bonds is 10. The second kappa shape index (κ2) is 11.3. The van der Waals surface area contributed by atoms with E-state index >= 15 is 0 Å². The predicted molar refractivity (Wildman–Crippen MR) is 114 cm³/mol. The number of hydrogen-bond donors (Lipinski definition) is 1. The summed E-state index contributed by atoms with van der Waals surface area (Å²) in [5, 5.41) is 13.3. The van der Waals surface area contributed by atoms with E-state index < -0.39 is 11.0 Å². The molecule has 0 bridgehead atoms. The minimum atomic E-state index is -0.632. The molecular formula is C21H24FN3O4S. The van der Waals surface area contributed by atoms with E-state index in [4.69, 9.17) is 0 Å². The Hall–Kier alpha value is -2.94. The maximum absolute atomic E-state index is 13.2. The van der Waals surface area contributed by atoms with Crippen LogP contribution in [0, 0.1) is 15.9 Å². The van der Waals surface area contributed by atoms with Crippen LogP contribution in [0.2, 0.25) is 0 Å². The molecule has 0 aromatic heterocycles. The van der Waals surface area contributed by atoms with E-state index in [2.05, 4.69) is 5.32 Å². The van der Waals surface area contributed by atoms with E-state index in [1.54, 1.807) is 24.3 Å². The van der Waals surface area contributed by atoms with Crippen molar-refractivity contribution in [1.82, 2.24) is 10.2 Å². The van der Waals surface area contributed by atoms with Crippen molar-refractivity contribution >= 4 is 29.3 Å². The molecule has 9 heteroatoms. The van der Waals surface area contributed by atoms with E-state index in [1.807, 2.05) is 6.92 Å². The molecule has 0 spiro atoms. The first-order chi connectivity index (χ1) is 14.3. The zero-order chi connectivity index (χ0) is 22.1. The molecule has 160 valence electrons. The van der Waals surface area contributed by atoms with Gasteiger partial charge in [0.15, 0.2) is 0 Å². The zero-order valence-corrected chi connectivity index (χ0v) is 17.7. The second-order valence-corrected chi connectivity index (χ2v) is 7.59. The normalized spacial score (nSPS) is 11.6. The fourth-order valence-electron chi connectivity index (χ4n) is 2.93. The average molecular weight is 434 g/mol. The summed E-state index contributed by atoms with van der Waals surface area (Å²) >= 11 is 1.36. The number of nitrogens with one attached hydrogen (secondary N) is 1. The van der Waals surface area contributed by atoms with Crippen molar-refractivity contribution in [2.24, 2.45) is 0 Å². The SMILES string of the molecule is CC[C@H](C(=O)NC)N(Cc1ccc(F)cc1)C(=O)CSCc1ccc([N+](=O)[O-])cc1. The number of nitro benzene ring substituents is 1. The van der Waals surface area contributed by atoms with Crippen LogP contribution in [0.25, 0.3) is 0 Å². The molecule has 0 aliphatic carbocycles. The van der Waals surface area contributed by atoms with E-state index in [0.717, 1.165) is 11.1 Å². The first-order valence-corrected chi connectivity index (χ1v) is 10.6. The first kappa shape index (κ1) is 23.3. The van der Waals surface area contributed by atoms with Gasteiger partial charge in [0, 0.05) is 31.5 Å². The largest absolute Gasteiger partial charge is 0.357 e. The number of non-ortho nitro benzene ring substituents is 1.